The van der Waals surface area contributed by atoms with Crippen molar-refractivity contribution in [2.24, 2.45) is 0 Å². The number of hydrogen-bond acceptors (Lipinski definition) is 3. The Morgan fingerprint density at radius 1 is 1.08 bits per heavy atom. The summed E-state index contributed by atoms with van der Waals surface area (Å²) >= 11 is 0. The van der Waals surface area contributed by atoms with Crippen molar-refractivity contribution in [2.45, 2.75) is 19.4 Å². The number of halogens is 1. The lowest BCUT2D eigenvalue weighted by molar-refractivity contribution is 0.0600. The van der Waals surface area contributed by atoms with E-state index in [1.54, 1.807) is 30.3 Å². The van der Waals surface area contributed by atoms with Crippen LogP contribution in [0.5, 0.6) is 0 Å². The summed E-state index contributed by atoms with van der Waals surface area (Å²) in [5.41, 5.74) is 0.873. The summed E-state index contributed by atoms with van der Waals surface area (Å²) in [4.78, 5) is 23.7. The number of benzene rings is 2. The molecular formula is C18H19FN2O3. The Bertz CT molecular complexity index is 742. The van der Waals surface area contributed by atoms with Gasteiger partial charge in [0.05, 0.1) is 18.2 Å². The molecule has 5 nitrogen and oxygen atoms in total. The highest BCUT2D eigenvalue weighted by atomic mass is 19.1. The van der Waals surface area contributed by atoms with Crippen LogP contribution in [0.4, 0.5) is 14.9 Å². The third-order valence-electron chi connectivity index (χ3n) is 3.53. The van der Waals surface area contributed by atoms with Gasteiger partial charge in [0.25, 0.3) is 0 Å². The minimum Gasteiger partial charge on any atom is -0.465 e. The summed E-state index contributed by atoms with van der Waals surface area (Å²) in [6.07, 6.45) is 0. The molecule has 2 N–H and O–H groups in total. The van der Waals surface area contributed by atoms with Gasteiger partial charge in [-0.1, -0.05) is 18.2 Å². The molecule has 126 valence electrons. The molecule has 2 rings (SSSR count). The minimum atomic E-state index is -0.697. The molecule has 0 unspecified atom stereocenters. The van der Waals surface area contributed by atoms with Crippen molar-refractivity contribution in [1.29, 1.82) is 0 Å². The van der Waals surface area contributed by atoms with Gasteiger partial charge in [0, 0.05) is 5.69 Å². The standard InChI is InChI=1S/C18H19FN2O3/c1-18(2,13-7-9-14(19)10-8-13)21-17(23)20-15-6-4-5-12(11-15)16(22)24-3/h4-11H,1-3H3,(H2,20,21,23). The first-order chi connectivity index (χ1) is 11.3. The van der Waals surface area contributed by atoms with Gasteiger partial charge < -0.3 is 15.4 Å². The maximum Gasteiger partial charge on any atom is 0.337 e. The Morgan fingerprint density at radius 2 is 1.75 bits per heavy atom. The number of carbonyl (C=O) groups excluding carboxylic acids is 2. The van der Waals surface area contributed by atoms with E-state index in [-0.39, 0.29) is 5.82 Å². The van der Waals surface area contributed by atoms with Crippen LogP contribution in [0.25, 0.3) is 0 Å². The molecule has 24 heavy (non-hydrogen) atoms. The molecule has 0 radical (unpaired) electrons. The smallest absolute Gasteiger partial charge is 0.337 e. The predicted octanol–water partition coefficient (Wildman–Crippen LogP) is 3.67. The molecule has 2 aromatic rings. The van der Waals surface area contributed by atoms with E-state index >= 15 is 0 Å². The third kappa shape index (κ3) is 4.32. The van der Waals surface area contributed by atoms with Crippen molar-refractivity contribution in [3.8, 4) is 0 Å². The van der Waals surface area contributed by atoms with Crippen LogP contribution in [-0.4, -0.2) is 19.1 Å². The van der Waals surface area contributed by atoms with Crippen LogP contribution in [-0.2, 0) is 10.3 Å². The first kappa shape index (κ1) is 17.5. The largest absolute Gasteiger partial charge is 0.465 e. The van der Waals surface area contributed by atoms with Crippen LogP contribution < -0.4 is 10.6 Å². The molecule has 0 saturated heterocycles. The van der Waals surface area contributed by atoms with E-state index in [0.29, 0.717) is 11.3 Å². The molecule has 0 spiro atoms. The van der Waals surface area contributed by atoms with Crippen LogP contribution in [0.1, 0.15) is 29.8 Å². The van der Waals surface area contributed by atoms with Gasteiger partial charge in [0.2, 0.25) is 0 Å². The zero-order chi connectivity index (χ0) is 17.7. The molecule has 0 aliphatic carbocycles. The lowest BCUT2D eigenvalue weighted by Gasteiger charge is -2.27. The number of nitrogens with one attached hydrogen (secondary N) is 2. The summed E-state index contributed by atoms with van der Waals surface area (Å²) in [6, 6.07) is 11.9. The summed E-state index contributed by atoms with van der Waals surface area (Å²) in [7, 11) is 1.29. The Morgan fingerprint density at radius 3 is 2.38 bits per heavy atom. The lowest BCUT2D eigenvalue weighted by atomic mass is 9.94. The van der Waals surface area contributed by atoms with Crippen molar-refractivity contribution in [1.82, 2.24) is 5.32 Å². The summed E-state index contributed by atoms with van der Waals surface area (Å²) in [5, 5.41) is 5.48. The van der Waals surface area contributed by atoms with Crippen molar-refractivity contribution in [3.63, 3.8) is 0 Å². The molecule has 2 amide bonds. The van der Waals surface area contributed by atoms with Gasteiger partial charge in [-0.2, -0.15) is 0 Å². The molecule has 0 atom stereocenters. The molecule has 6 heteroatoms. The average Bonchev–Trinajstić information content (AvgIpc) is 2.54. The molecule has 0 fully saturated rings. The van der Waals surface area contributed by atoms with Crippen molar-refractivity contribution in [2.75, 3.05) is 12.4 Å². The van der Waals surface area contributed by atoms with Crippen molar-refractivity contribution >= 4 is 17.7 Å². The fourth-order valence-electron chi connectivity index (χ4n) is 2.23. The van der Waals surface area contributed by atoms with Crippen molar-refractivity contribution < 1.29 is 18.7 Å². The van der Waals surface area contributed by atoms with E-state index < -0.39 is 17.5 Å². The molecule has 0 bridgehead atoms. The van der Waals surface area contributed by atoms with E-state index in [2.05, 4.69) is 15.4 Å². The molecule has 0 aromatic heterocycles. The number of anilines is 1. The highest BCUT2D eigenvalue weighted by Crippen LogP contribution is 2.20. The number of urea groups is 1. The van der Waals surface area contributed by atoms with Crippen LogP contribution in [0.3, 0.4) is 0 Å². The summed E-state index contributed by atoms with van der Waals surface area (Å²) < 4.78 is 17.7. The molecule has 2 aromatic carbocycles. The predicted molar refractivity (Wildman–Crippen MR) is 89.4 cm³/mol. The zero-order valence-corrected chi connectivity index (χ0v) is 13.7. The topological polar surface area (TPSA) is 67.4 Å². The van der Waals surface area contributed by atoms with Crippen LogP contribution in [0.15, 0.2) is 48.5 Å². The zero-order valence-electron chi connectivity index (χ0n) is 13.7. The number of esters is 1. The SMILES string of the molecule is COC(=O)c1cccc(NC(=O)NC(C)(C)c2ccc(F)cc2)c1. The second kappa shape index (κ2) is 7.12. The Balaban J connectivity index is 2.07. The van der Waals surface area contributed by atoms with Gasteiger partial charge in [-0.05, 0) is 49.7 Å². The Kier molecular flexibility index (Phi) is 5.18. The number of hydrogen-bond donors (Lipinski definition) is 2. The number of methoxy groups -OCH3 is 1. The van der Waals surface area contributed by atoms with E-state index in [4.69, 9.17) is 0 Å². The third-order valence-corrected chi connectivity index (χ3v) is 3.53. The highest BCUT2D eigenvalue weighted by Gasteiger charge is 2.23. The molecule has 0 aliphatic heterocycles. The maximum atomic E-state index is 13.0. The Hall–Kier alpha value is -2.89. The van der Waals surface area contributed by atoms with Crippen LogP contribution in [0, 0.1) is 5.82 Å². The number of rotatable bonds is 4. The van der Waals surface area contributed by atoms with Crippen LogP contribution in [0.2, 0.25) is 0 Å². The second-order valence-corrected chi connectivity index (χ2v) is 5.78. The number of ether oxygens (including phenoxy) is 1. The fourth-order valence-corrected chi connectivity index (χ4v) is 2.23. The van der Waals surface area contributed by atoms with E-state index in [0.717, 1.165) is 5.56 Å². The van der Waals surface area contributed by atoms with E-state index in [1.807, 2.05) is 13.8 Å². The first-order valence-electron chi connectivity index (χ1n) is 7.35. The van der Waals surface area contributed by atoms with Crippen molar-refractivity contribution in [3.05, 3.63) is 65.5 Å². The average molecular weight is 330 g/mol. The second-order valence-electron chi connectivity index (χ2n) is 5.78. The molecule has 0 saturated carbocycles. The quantitative estimate of drug-likeness (QED) is 0.841. The number of carbonyl (C=O) groups is 2. The van der Waals surface area contributed by atoms with Gasteiger partial charge in [-0.15, -0.1) is 0 Å². The minimum absolute atomic E-state index is 0.335. The maximum absolute atomic E-state index is 13.0. The Labute approximate surface area is 139 Å². The summed E-state index contributed by atoms with van der Waals surface area (Å²) in [5.74, 6) is -0.815. The van der Waals surface area contributed by atoms with Gasteiger partial charge in [-0.25, -0.2) is 14.0 Å². The molecule has 0 heterocycles. The number of amides is 2. The fraction of sp³-hybridized carbons (Fsp3) is 0.222. The van der Waals surface area contributed by atoms with Crippen LogP contribution >= 0.6 is 0 Å². The summed E-state index contributed by atoms with van der Waals surface area (Å²) in [6.45, 7) is 3.62. The highest BCUT2D eigenvalue weighted by molar-refractivity contribution is 5.94. The normalized spacial score (nSPS) is 10.8. The monoisotopic (exact) mass is 330 g/mol. The first-order valence-corrected chi connectivity index (χ1v) is 7.35. The van der Waals surface area contributed by atoms with E-state index in [1.165, 1.54) is 25.3 Å². The lowest BCUT2D eigenvalue weighted by Crippen LogP contribution is -2.43. The molecular weight excluding hydrogens is 311 g/mol. The van der Waals surface area contributed by atoms with E-state index in [9.17, 15) is 14.0 Å². The molecule has 0 aliphatic rings. The van der Waals surface area contributed by atoms with Gasteiger partial charge >= 0.3 is 12.0 Å². The van der Waals surface area contributed by atoms with Gasteiger partial charge in [-0.3, -0.25) is 0 Å². The van der Waals surface area contributed by atoms with Gasteiger partial charge in [0.15, 0.2) is 0 Å². The van der Waals surface area contributed by atoms with Gasteiger partial charge in [0.1, 0.15) is 5.82 Å².